The fraction of sp³-hybridized carbons (Fsp3) is 0.500. The van der Waals surface area contributed by atoms with Crippen LogP contribution < -0.4 is 10.5 Å². The molecule has 4 nitrogen and oxygen atoms in total. The maximum absolute atomic E-state index is 10.1. The molecule has 0 bridgehead atoms. The molecule has 2 atom stereocenters. The van der Waals surface area contributed by atoms with Gasteiger partial charge in [0.05, 0.1) is 7.11 Å². The predicted molar refractivity (Wildman–Crippen MR) is 54.0 cm³/mol. The van der Waals surface area contributed by atoms with E-state index in [0.717, 1.165) is 0 Å². The Balaban J connectivity index is 3.17. The molecular weight excluding hydrogens is 180 g/mol. The monoisotopic (exact) mass is 196 g/mol. The van der Waals surface area contributed by atoms with E-state index in [-0.39, 0.29) is 6.04 Å². The van der Waals surface area contributed by atoms with Gasteiger partial charge in [0.2, 0.25) is 5.88 Å². The fourth-order valence-electron chi connectivity index (χ4n) is 1.18. The average Bonchev–Trinajstić information content (AvgIpc) is 2.17. The van der Waals surface area contributed by atoms with Crippen molar-refractivity contribution in [1.82, 2.24) is 4.98 Å². The number of aliphatic hydroxyl groups is 1. The van der Waals surface area contributed by atoms with E-state index in [1.807, 2.05) is 0 Å². The van der Waals surface area contributed by atoms with Gasteiger partial charge in [0.15, 0.2) is 0 Å². The van der Waals surface area contributed by atoms with E-state index in [1.54, 1.807) is 32.2 Å². The molecule has 0 spiro atoms. The molecule has 78 valence electrons. The maximum Gasteiger partial charge on any atom is 0.219 e. The first-order valence-electron chi connectivity index (χ1n) is 4.47. The normalized spacial score (nSPS) is 17.2. The number of aromatic nitrogens is 1. The molecule has 0 aliphatic rings. The summed E-state index contributed by atoms with van der Waals surface area (Å²) in [5.41, 5.74) is 5.18. The van der Waals surface area contributed by atoms with Gasteiger partial charge >= 0.3 is 0 Å². The molecule has 1 aromatic rings. The summed E-state index contributed by atoms with van der Waals surface area (Å²) >= 11 is 0. The van der Waals surface area contributed by atoms with Gasteiger partial charge in [-0.3, -0.25) is 0 Å². The third kappa shape index (κ3) is 1.86. The molecular formula is C10H16N2O2. The lowest BCUT2D eigenvalue weighted by Gasteiger charge is -2.28. The highest BCUT2D eigenvalue weighted by Gasteiger charge is 2.31. The predicted octanol–water partition coefficient (Wildman–Crippen LogP) is 0.645. The van der Waals surface area contributed by atoms with E-state index < -0.39 is 5.60 Å². The van der Waals surface area contributed by atoms with Gasteiger partial charge in [0.25, 0.3) is 0 Å². The Kier molecular flexibility index (Phi) is 3.08. The van der Waals surface area contributed by atoms with Gasteiger partial charge in [-0.05, 0) is 26.0 Å². The molecule has 0 amide bonds. The van der Waals surface area contributed by atoms with Crippen molar-refractivity contribution in [3.05, 3.63) is 23.9 Å². The Morgan fingerprint density at radius 2 is 2.29 bits per heavy atom. The van der Waals surface area contributed by atoms with Crippen LogP contribution in [0, 0.1) is 0 Å². The first kappa shape index (κ1) is 10.9. The van der Waals surface area contributed by atoms with Crippen molar-refractivity contribution in [3.63, 3.8) is 0 Å². The molecule has 14 heavy (non-hydrogen) atoms. The zero-order valence-corrected chi connectivity index (χ0v) is 8.69. The number of ether oxygens (including phenoxy) is 1. The van der Waals surface area contributed by atoms with E-state index in [1.165, 1.54) is 7.11 Å². The van der Waals surface area contributed by atoms with E-state index in [2.05, 4.69) is 4.98 Å². The summed E-state index contributed by atoms with van der Waals surface area (Å²) in [6.45, 7) is 3.39. The molecule has 2 unspecified atom stereocenters. The van der Waals surface area contributed by atoms with Gasteiger partial charge < -0.3 is 15.6 Å². The van der Waals surface area contributed by atoms with E-state index in [0.29, 0.717) is 11.4 Å². The number of nitrogens with zero attached hydrogens (tertiary/aromatic N) is 1. The zero-order valence-electron chi connectivity index (χ0n) is 8.69. The van der Waals surface area contributed by atoms with Crippen LogP contribution in [-0.2, 0) is 5.60 Å². The lowest BCUT2D eigenvalue weighted by molar-refractivity contribution is 0.0319. The smallest absolute Gasteiger partial charge is 0.219 e. The quantitative estimate of drug-likeness (QED) is 0.744. The van der Waals surface area contributed by atoms with Gasteiger partial charge in [-0.15, -0.1) is 0 Å². The van der Waals surface area contributed by atoms with Crippen LogP contribution in [0.1, 0.15) is 19.4 Å². The first-order chi connectivity index (χ1) is 6.50. The second-order valence-corrected chi connectivity index (χ2v) is 3.50. The summed E-state index contributed by atoms with van der Waals surface area (Å²) in [7, 11) is 1.52. The second kappa shape index (κ2) is 3.94. The van der Waals surface area contributed by atoms with Gasteiger partial charge in [0, 0.05) is 17.8 Å². The van der Waals surface area contributed by atoms with Crippen molar-refractivity contribution in [1.29, 1.82) is 0 Å². The topological polar surface area (TPSA) is 68.4 Å². The lowest BCUT2D eigenvalue weighted by atomic mass is 9.90. The van der Waals surface area contributed by atoms with Crippen LogP contribution in [0.15, 0.2) is 18.3 Å². The summed E-state index contributed by atoms with van der Waals surface area (Å²) < 4.78 is 5.06. The van der Waals surface area contributed by atoms with Crippen LogP contribution in [0.2, 0.25) is 0 Å². The molecule has 0 aliphatic heterocycles. The number of hydrogen-bond acceptors (Lipinski definition) is 4. The largest absolute Gasteiger partial charge is 0.481 e. The molecule has 0 saturated heterocycles. The zero-order chi connectivity index (χ0) is 10.8. The highest BCUT2D eigenvalue weighted by Crippen LogP contribution is 2.29. The Morgan fingerprint density at radius 3 is 2.79 bits per heavy atom. The highest BCUT2D eigenvalue weighted by atomic mass is 16.5. The van der Waals surface area contributed by atoms with Crippen LogP contribution >= 0.6 is 0 Å². The van der Waals surface area contributed by atoms with Crippen LogP contribution in [0.25, 0.3) is 0 Å². The standard InChI is InChI=1S/C10H16N2O2/c1-7(11)10(2,13)8-5-4-6-12-9(8)14-3/h4-7,13H,11H2,1-3H3. The van der Waals surface area contributed by atoms with Crippen LogP contribution in [0.4, 0.5) is 0 Å². The van der Waals surface area contributed by atoms with Gasteiger partial charge in [-0.1, -0.05) is 0 Å². The van der Waals surface area contributed by atoms with Crippen molar-refractivity contribution < 1.29 is 9.84 Å². The van der Waals surface area contributed by atoms with Crippen molar-refractivity contribution in [3.8, 4) is 5.88 Å². The van der Waals surface area contributed by atoms with Crippen molar-refractivity contribution in [2.75, 3.05) is 7.11 Å². The Hall–Kier alpha value is -1.13. The molecule has 3 N–H and O–H groups in total. The van der Waals surface area contributed by atoms with Crippen LogP contribution in [0.3, 0.4) is 0 Å². The highest BCUT2D eigenvalue weighted by molar-refractivity contribution is 5.32. The molecule has 0 aliphatic carbocycles. The Morgan fingerprint density at radius 1 is 1.64 bits per heavy atom. The third-order valence-corrected chi connectivity index (χ3v) is 2.40. The van der Waals surface area contributed by atoms with Gasteiger partial charge in [-0.25, -0.2) is 4.98 Å². The van der Waals surface area contributed by atoms with Gasteiger partial charge in [0.1, 0.15) is 5.60 Å². The Labute approximate surface area is 83.7 Å². The first-order valence-corrected chi connectivity index (χ1v) is 4.47. The van der Waals surface area contributed by atoms with Crippen LogP contribution in [0.5, 0.6) is 5.88 Å². The van der Waals surface area contributed by atoms with E-state index in [9.17, 15) is 5.11 Å². The number of pyridine rings is 1. The maximum atomic E-state index is 10.1. The molecule has 1 aromatic heterocycles. The summed E-state index contributed by atoms with van der Waals surface area (Å²) in [6, 6.07) is 3.12. The second-order valence-electron chi connectivity index (χ2n) is 3.50. The molecule has 0 saturated carbocycles. The Bertz CT molecular complexity index is 311. The fourth-order valence-corrected chi connectivity index (χ4v) is 1.18. The third-order valence-electron chi connectivity index (χ3n) is 2.40. The SMILES string of the molecule is COc1ncccc1C(C)(O)C(C)N. The van der Waals surface area contributed by atoms with Gasteiger partial charge in [-0.2, -0.15) is 0 Å². The molecule has 0 fully saturated rings. The van der Waals surface area contributed by atoms with Crippen molar-refractivity contribution in [2.45, 2.75) is 25.5 Å². The number of nitrogens with two attached hydrogens (primary N) is 1. The lowest BCUT2D eigenvalue weighted by Crippen LogP contribution is -2.41. The van der Waals surface area contributed by atoms with E-state index in [4.69, 9.17) is 10.5 Å². The van der Waals surface area contributed by atoms with Crippen LogP contribution in [-0.4, -0.2) is 23.2 Å². The van der Waals surface area contributed by atoms with E-state index >= 15 is 0 Å². The molecule has 0 radical (unpaired) electrons. The minimum Gasteiger partial charge on any atom is -0.481 e. The van der Waals surface area contributed by atoms with Crippen molar-refractivity contribution in [2.24, 2.45) is 5.73 Å². The minimum atomic E-state index is -1.13. The summed E-state index contributed by atoms with van der Waals surface area (Å²) in [6.07, 6.45) is 1.61. The number of methoxy groups -OCH3 is 1. The molecule has 4 heteroatoms. The minimum absolute atomic E-state index is 0.388. The molecule has 1 rings (SSSR count). The summed E-state index contributed by atoms with van der Waals surface area (Å²) in [4.78, 5) is 4.01. The molecule has 0 aromatic carbocycles. The number of rotatable bonds is 3. The summed E-state index contributed by atoms with van der Waals surface area (Å²) in [5, 5.41) is 10.1. The average molecular weight is 196 g/mol. The molecule has 1 heterocycles. The summed E-state index contributed by atoms with van der Waals surface area (Å²) in [5.74, 6) is 0.412. The van der Waals surface area contributed by atoms with Crippen molar-refractivity contribution >= 4 is 0 Å². The number of hydrogen-bond donors (Lipinski definition) is 2.